The Hall–Kier alpha value is -1.22. The molecular weight excluding hydrogens is 326 g/mol. The molecular formula is C16H27N5O2S. The summed E-state index contributed by atoms with van der Waals surface area (Å²) in [5, 5.41) is 3.50. The monoisotopic (exact) mass is 353 g/mol. The minimum Gasteiger partial charge on any atom is -0.369 e. The molecule has 3 rings (SSSR count). The molecule has 0 spiro atoms. The number of aryl methyl sites for hydroxylation is 1. The lowest BCUT2D eigenvalue weighted by atomic mass is 10.1. The molecule has 0 unspecified atom stereocenters. The van der Waals surface area contributed by atoms with E-state index in [2.05, 4.69) is 27.3 Å². The average molecular weight is 353 g/mol. The van der Waals surface area contributed by atoms with Gasteiger partial charge in [-0.25, -0.2) is 0 Å². The summed E-state index contributed by atoms with van der Waals surface area (Å²) in [5.41, 5.74) is 3.26. The van der Waals surface area contributed by atoms with Crippen LogP contribution in [0.15, 0.2) is 12.1 Å². The van der Waals surface area contributed by atoms with E-state index in [1.165, 1.54) is 10.7 Å². The number of rotatable bonds is 4. The molecule has 0 amide bonds. The molecule has 0 radical (unpaired) electrons. The van der Waals surface area contributed by atoms with Crippen molar-refractivity contribution in [2.75, 3.05) is 51.7 Å². The van der Waals surface area contributed by atoms with Crippen LogP contribution in [0, 0.1) is 6.92 Å². The second-order valence-corrected chi connectivity index (χ2v) is 8.86. The maximum atomic E-state index is 12.2. The van der Waals surface area contributed by atoms with Crippen LogP contribution in [0.4, 0.5) is 5.69 Å². The highest BCUT2D eigenvalue weighted by atomic mass is 32.2. The summed E-state index contributed by atoms with van der Waals surface area (Å²) in [5.74, 6) is 0. The van der Waals surface area contributed by atoms with Crippen LogP contribution in [-0.4, -0.2) is 68.8 Å². The summed E-state index contributed by atoms with van der Waals surface area (Å²) in [6, 6.07) is 4.60. The van der Waals surface area contributed by atoms with Gasteiger partial charge in [-0.3, -0.25) is 4.98 Å². The molecule has 1 atom stereocenters. The smallest absolute Gasteiger partial charge is 0.281 e. The van der Waals surface area contributed by atoms with Gasteiger partial charge in [-0.2, -0.15) is 17.0 Å². The van der Waals surface area contributed by atoms with Gasteiger partial charge in [-0.05, 0) is 38.4 Å². The van der Waals surface area contributed by atoms with Gasteiger partial charge < -0.3 is 10.2 Å². The molecule has 2 saturated heterocycles. The molecule has 2 aliphatic heterocycles. The standard InChI is InChI=1S/C16H27N5O2S/c1-13-11-14(12-16(18-13)15-5-4-6-17-15)20-7-9-21(10-8-20)24(22,23)19(2)3/h11-12,15,17H,4-10H2,1-3H3/t15-/m0/s1. The quantitative estimate of drug-likeness (QED) is 0.865. The van der Waals surface area contributed by atoms with Crippen LogP contribution < -0.4 is 10.2 Å². The number of nitrogens with zero attached hydrogens (tertiary/aromatic N) is 4. The largest absolute Gasteiger partial charge is 0.369 e. The molecule has 7 nitrogen and oxygen atoms in total. The Morgan fingerprint density at radius 2 is 1.92 bits per heavy atom. The number of hydrogen-bond acceptors (Lipinski definition) is 5. The van der Waals surface area contributed by atoms with E-state index < -0.39 is 10.2 Å². The summed E-state index contributed by atoms with van der Waals surface area (Å²) in [6.07, 6.45) is 2.32. The SMILES string of the molecule is Cc1cc(N2CCN(S(=O)(=O)N(C)C)CC2)cc([C@@H]2CCCN2)n1. The van der Waals surface area contributed by atoms with Crippen LogP contribution in [0.2, 0.25) is 0 Å². The Morgan fingerprint density at radius 3 is 2.50 bits per heavy atom. The Morgan fingerprint density at radius 1 is 1.21 bits per heavy atom. The second-order valence-electron chi connectivity index (χ2n) is 6.72. The summed E-state index contributed by atoms with van der Waals surface area (Å²) < 4.78 is 27.3. The van der Waals surface area contributed by atoms with Crippen LogP contribution in [0.5, 0.6) is 0 Å². The van der Waals surface area contributed by atoms with Crippen LogP contribution in [0.3, 0.4) is 0 Å². The predicted octanol–water partition coefficient (Wildman–Crippen LogP) is 0.743. The molecule has 0 saturated carbocycles. The highest BCUT2D eigenvalue weighted by Crippen LogP contribution is 2.26. The Balaban J connectivity index is 1.72. The van der Waals surface area contributed by atoms with Gasteiger partial charge in [0.05, 0.1) is 5.69 Å². The van der Waals surface area contributed by atoms with E-state index in [1.54, 1.807) is 18.4 Å². The van der Waals surface area contributed by atoms with Crippen molar-refractivity contribution < 1.29 is 8.42 Å². The predicted molar refractivity (Wildman–Crippen MR) is 95.3 cm³/mol. The zero-order valence-electron chi connectivity index (χ0n) is 14.7. The van der Waals surface area contributed by atoms with Crippen molar-refractivity contribution in [3.63, 3.8) is 0 Å². The molecule has 1 aromatic rings. The highest BCUT2D eigenvalue weighted by Gasteiger charge is 2.29. The van der Waals surface area contributed by atoms with Crippen molar-refractivity contribution in [2.45, 2.75) is 25.8 Å². The van der Waals surface area contributed by atoms with E-state index >= 15 is 0 Å². The van der Waals surface area contributed by atoms with Crippen molar-refractivity contribution in [1.29, 1.82) is 0 Å². The van der Waals surface area contributed by atoms with Gasteiger partial charge >= 0.3 is 0 Å². The lowest BCUT2D eigenvalue weighted by molar-refractivity contribution is 0.355. The molecule has 3 heterocycles. The maximum absolute atomic E-state index is 12.2. The number of anilines is 1. The van der Waals surface area contributed by atoms with Crippen molar-refractivity contribution in [3.05, 3.63) is 23.5 Å². The first-order valence-corrected chi connectivity index (χ1v) is 9.92. The fourth-order valence-electron chi connectivity index (χ4n) is 3.38. The van der Waals surface area contributed by atoms with E-state index in [-0.39, 0.29) is 0 Å². The van der Waals surface area contributed by atoms with Gasteiger partial charge in [-0.1, -0.05) is 0 Å². The van der Waals surface area contributed by atoms with Crippen molar-refractivity contribution in [2.24, 2.45) is 0 Å². The zero-order valence-corrected chi connectivity index (χ0v) is 15.5. The summed E-state index contributed by atoms with van der Waals surface area (Å²) in [7, 11) is -0.161. The first kappa shape index (κ1) is 17.6. The second kappa shape index (κ2) is 6.95. The number of nitrogens with one attached hydrogen (secondary N) is 1. The molecule has 8 heteroatoms. The Labute approximate surface area is 144 Å². The topological polar surface area (TPSA) is 68.8 Å². The van der Waals surface area contributed by atoms with E-state index in [0.717, 1.165) is 30.0 Å². The lowest BCUT2D eigenvalue weighted by Crippen LogP contribution is -2.51. The van der Waals surface area contributed by atoms with Gasteiger partial charge in [0.25, 0.3) is 10.2 Å². The van der Waals surface area contributed by atoms with Gasteiger partial charge in [0.15, 0.2) is 0 Å². The fourth-order valence-corrected chi connectivity index (χ4v) is 4.47. The van der Waals surface area contributed by atoms with Crippen LogP contribution >= 0.6 is 0 Å². The van der Waals surface area contributed by atoms with E-state index in [9.17, 15) is 8.42 Å². The molecule has 1 N–H and O–H groups in total. The lowest BCUT2D eigenvalue weighted by Gasteiger charge is -2.36. The molecule has 1 aromatic heterocycles. The van der Waals surface area contributed by atoms with Crippen LogP contribution in [-0.2, 0) is 10.2 Å². The van der Waals surface area contributed by atoms with Gasteiger partial charge in [-0.15, -0.1) is 0 Å². The minimum atomic E-state index is -3.32. The highest BCUT2D eigenvalue weighted by molar-refractivity contribution is 7.86. The molecule has 134 valence electrons. The van der Waals surface area contributed by atoms with Crippen LogP contribution in [0.1, 0.15) is 30.3 Å². The first-order chi connectivity index (χ1) is 11.4. The number of piperazine rings is 1. The summed E-state index contributed by atoms with van der Waals surface area (Å²) >= 11 is 0. The van der Waals surface area contributed by atoms with E-state index in [0.29, 0.717) is 32.2 Å². The molecule has 24 heavy (non-hydrogen) atoms. The third kappa shape index (κ3) is 3.56. The fraction of sp³-hybridized carbons (Fsp3) is 0.688. The number of pyridine rings is 1. The average Bonchev–Trinajstić information content (AvgIpc) is 3.09. The van der Waals surface area contributed by atoms with E-state index in [4.69, 9.17) is 0 Å². The normalized spacial score (nSPS) is 23.2. The van der Waals surface area contributed by atoms with Crippen molar-refractivity contribution in [1.82, 2.24) is 18.9 Å². The van der Waals surface area contributed by atoms with Crippen molar-refractivity contribution >= 4 is 15.9 Å². The first-order valence-electron chi connectivity index (χ1n) is 8.52. The Bertz CT molecular complexity index is 678. The minimum absolute atomic E-state index is 0.346. The van der Waals surface area contributed by atoms with Crippen LogP contribution in [0.25, 0.3) is 0 Å². The zero-order chi connectivity index (χ0) is 17.3. The van der Waals surface area contributed by atoms with Crippen molar-refractivity contribution in [3.8, 4) is 0 Å². The summed E-state index contributed by atoms with van der Waals surface area (Å²) in [4.78, 5) is 6.94. The van der Waals surface area contributed by atoms with Gasteiger partial charge in [0.1, 0.15) is 0 Å². The maximum Gasteiger partial charge on any atom is 0.281 e. The van der Waals surface area contributed by atoms with Gasteiger partial charge in [0, 0.05) is 57.7 Å². The van der Waals surface area contributed by atoms with Gasteiger partial charge in [0.2, 0.25) is 0 Å². The summed E-state index contributed by atoms with van der Waals surface area (Å²) in [6.45, 7) is 5.51. The molecule has 2 fully saturated rings. The third-order valence-corrected chi connectivity index (χ3v) is 6.71. The Kier molecular flexibility index (Phi) is 5.10. The number of hydrogen-bond donors (Lipinski definition) is 1. The molecule has 0 bridgehead atoms. The molecule has 0 aromatic carbocycles. The number of aromatic nitrogens is 1. The van der Waals surface area contributed by atoms with E-state index in [1.807, 2.05) is 6.92 Å². The third-order valence-electron chi connectivity index (χ3n) is 4.77. The molecule has 0 aliphatic carbocycles. The molecule has 2 aliphatic rings.